The summed E-state index contributed by atoms with van der Waals surface area (Å²) < 4.78 is 5.23. The molecule has 0 saturated heterocycles. The second-order valence-electron chi connectivity index (χ2n) is 5.70. The first-order valence-electron chi connectivity index (χ1n) is 5.88. The topological polar surface area (TPSA) is 70.7 Å². The lowest BCUT2D eigenvalue weighted by atomic mass is 9.69. The van der Waals surface area contributed by atoms with E-state index in [4.69, 9.17) is 9.52 Å². The molecule has 1 aliphatic carbocycles. The zero-order valence-corrected chi connectivity index (χ0v) is 10.2. The molecular formula is C13H18O4. The highest BCUT2D eigenvalue weighted by atomic mass is 16.4. The fraction of sp³-hybridized carbons (Fsp3) is 0.615. The summed E-state index contributed by atoms with van der Waals surface area (Å²) in [6.45, 7) is 4.22. The number of carbonyl (C=O) groups is 1. The standard InChI is InChI=1S/C13H18O4/c1-12(2)6-3-7-13(16,8-12)10-5-4-9(17-10)11(14)15/h4-5,16H,3,6-8H2,1-2H3,(H,14,15). The number of rotatable bonds is 2. The molecule has 0 aliphatic heterocycles. The molecule has 2 rings (SSSR count). The molecule has 1 aliphatic rings. The molecule has 1 fully saturated rings. The van der Waals surface area contributed by atoms with Crippen molar-refractivity contribution in [3.63, 3.8) is 0 Å². The van der Waals surface area contributed by atoms with E-state index < -0.39 is 11.6 Å². The smallest absolute Gasteiger partial charge is 0.371 e. The minimum atomic E-state index is -1.10. The fourth-order valence-corrected chi connectivity index (χ4v) is 2.74. The van der Waals surface area contributed by atoms with Crippen molar-refractivity contribution >= 4 is 5.97 Å². The first kappa shape index (κ1) is 12.2. The molecule has 94 valence electrons. The molecule has 0 radical (unpaired) electrons. The number of aliphatic hydroxyl groups is 1. The van der Waals surface area contributed by atoms with Crippen LogP contribution in [0.2, 0.25) is 0 Å². The Kier molecular flexibility index (Phi) is 2.78. The molecule has 0 aromatic carbocycles. The van der Waals surface area contributed by atoms with Gasteiger partial charge >= 0.3 is 5.97 Å². The van der Waals surface area contributed by atoms with Gasteiger partial charge in [0, 0.05) is 0 Å². The van der Waals surface area contributed by atoms with Crippen LogP contribution in [0.4, 0.5) is 0 Å². The molecule has 0 amide bonds. The Morgan fingerprint density at radius 2 is 2.06 bits per heavy atom. The van der Waals surface area contributed by atoms with Crippen LogP contribution in [0.15, 0.2) is 16.5 Å². The lowest BCUT2D eigenvalue weighted by Crippen LogP contribution is -2.36. The van der Waals surface area contributed by atoms with Crippen LogP contribution in [-0.2, 0) is 5.60 Å². The van der Waals surface area contributed by atoms with Gasteiger partial charge in [-0.3, -0.25) is 0 Å². The first-order chi connectivity index (χ1) is 7.82. The maximum Gasteiger partial charge on any atom is 0.371 e. The third kappa shape index (κ3) is 2.36. The van der Waals surface area contributed by atoms with Crippen molar-refractivity contribution in [2.24, 2.45) is 5.41 Å². The Hall–Kier alpha value is -1.29. The van der Waals surface area contributed by atoms with Gasteiger partial charge in [0.05, 0.1) is 0 Å². The third-order valence-corrected chi connectivity index (χ3v) is 3.49. The summed E-state index contributed by atoms with van der Waals surface area (Å²) >= 11 is 0. The number of furan rings is 1. The number of hydrogen-bond acceptors (Lipinski definition) is 3. The quantitative estimate of drug-likeness (QED) is 0.831. The van der Waals surface area contributed by atoms with E-state index in [1.54, 1.807) is 6.07 Å². The van der Waals surface area contributed by atoms with Gasteiger partial charge in [-0.25, -0.2) is 4.79 Å². The Balaban J connectivity index is 2.27. The van der Waals surface area contributed by atoms with Gasteiger partial charge in [0.25, 0.3) is 0 Å². The van der Waals surface area contributed by atoms with Crippen molar-refractivity contribution in [2.45, 2.75) is 45.1 Å². The molecule has 0 spiro atoms. The highest BCUT2D eigenvalue weighted by Crippen LogP contribution is 2.46. The van der Waals surface area contributed by atoms with E-state index in [2.05, 4.69) is 13.8 Å². The summed E-state index contributed by atoms with van der Waals surface area (Å²) in [4.78, 5) is 10.8. The monoisotopic (exact) mass is 238 g/mol. The molecule has 1 saturated carbocycles. The highest BCUT2D eigenvalue weighted by Gasteiger charge is 2.42. The Morgan fingerprint density at radius 3 is 2.59 bits per heavy atom. The SMILES string of the molecule is CC1(C)CCCC(O)(c2ccc(C(=O)O)o2)C1. The van der Waals surface area contributed by atoms with Gasteiger partial charge in [-0.05, 0) is 43.2 Å². The molecule has 1 unspecified atom stereocenters. The van der Waals surface area contributed by atoms with E-state index in [-0.39, 0.29) is 11.2 Å². The van der Waals surface area contributed by atoms with Crippen molar-refractivity contribution in [3.05, 3.63) is 23.7 Å². The van der Waals surface area contributed by atoms with Crippen molar-refractivity contribution in [3.8, 4) is 0 Å². The molecule has 17 heavy (non-hydrogen) atoms. The van der Waals surface area contributed by atoms with Crippen LogP contribution in [0.1, 0.15) is 55.8 Å². The minimum Gasteiger partial charge on any atom is -0.475 e. The zero-order chi connectivity index (χ0) is 12.7. The van der Waals surface area contributed by atoms with Crippen LogP contribution in [0.25, 0.3) is 0 Å². The van der Waals surface area contributed by atoms with E-state index in [1.165, 1.54) is 6.07 Å². The number of aromatic carboxylic acids is 1. The predicted molar refractivity (Wildman–Crippen MR) is 61.8 cm³/mol. The average Bonchev–Trinajstić information content (AvgIpc) is 2.64. The van der Waals surface area contributed by atoms with E-state index in [1.807, 2.05) is 0 Å². The number of hydrogen-bond donors (Lipinski definition) is 2. The predicted octanol–water partition coefficient (Wildman–Crippen LogP) is 2.77. The third-order valence-electron chi connectivity index (χ3n) is 3.49. The van der Waals surface area contributed by atoms with E-state index in [0.29, 0.717) is 18.6 Å². The van der Waals surface area contributed by atoms with Gasteiger partial charge in [0.1, 0.15) is 11.4 Å². The Bertz CT molecular complexity index is 432. The molecule has 1 atom stereocenters. The first-order valence-corrected chi connectivity index (χ1v) is 5.88. The van der Waals surface area contributed by atoms with Gasteiger partial charge in [0.15, 0.2) is 0 Å². The number of carboxylic acids is 1. The van der Waals surface area contributed by atoms with Crippen LogP contribution in [0.3, 0.4) is 0 Å². The molecule has 1 heterocycles. The maximum absolute atomic E-state index is 10.8. The highest BCUT2D eigenvalue weighted by molar-refractivity contribution is 5.84. The summed E-state index contributed by atoms with van der Waals surface area (Å²) in [5.74, 6) is -0.839. The largest absolute Gasteiger partial charge is 0.475 e. The summed E-state index contributed by atoms with van der Waals surface area (Å²) in [6, 6.07) is 2.97. The second-order valence-corrected chi connectivity index (χ2v) is 5.70. The van der Waals surface area contributed by atoms with Crippen LogP contribution >= 0.6 is 0 Å². The van der Waals surface area contributed by atoms with Gasteiger partial charge in [-0.15, -0.1) is 0 Å². The molecular weight excluding hydrogens is 220 g/mol. The molecule has 1 aromatic rings. The van der Waals surface area contributed by atoms with Crippen molar-refractivity contribution in [2.75, 3.05) is 0 Å². The zero-order valence-electron chi connectivity index (χ0n) is 10.2. The average molecular weight is 238 g/mol. The fourth-order valence-electron chi connectivity index (χ4n) is 2.74. The summed E-state index contributed by atoms with van der Waals surface area (Å²) in [5.41, 5.74) is -0.960. The van der Waals surface area contributed by atoms with Crippen molar-refractivity contribution in [1.29, 1.82) is 0 Å². The van der Waals surface area contributed by atoms with E-state index in [0.717, 1.165) is 12.8 Å². The van der Waals surface area contributed by atoms with Gasteiger partial charge in [-0.2, -0.15) is 0 Å². The molecule has 2 N–H and O–H groups in total. The van der Waals surface area contributed by atoms with Gasteiger partial charge < -0.3 is 14.6 Å². The van der Waals surface area contributed by atoms with Crippen molar-refractivity contribution < 1.29 is 19.4 Å². The van der Waals surface area contributed by atoms with Crippen LogP contribution < -0.4 is 0 Å². The van der Waals surface area contributed by atoms with Gasteiger partial charge in [-0.1, -0.05) is 13.8 Å². The molecule has 0 bridgehead atoms. The number of carboxylic acid groups (broad SMARTS) is 1. The Morgan fingerprint density at radius 1 is 1.35 bits per heavy atom. The lowest BCUT2D eigenvalue weighted by Gasteiger charge is -2.40. The lowest BCUT2D eigenvalue weighted by molar-refractivity contribution is -0.0599. The summed E-state index contributed by atoms with van der Waals surface area (Å²) in [5, 5.41) is 19.4. The molecule has 1 aromatic heterocycles. The van der Waals surface area contributed by atoms with Crippen LogP contribution in [-0.4, -0.2) is 16.2 Å². The van der Waals surface area contributed by atoms with Gasteiger partial charge in [0.2, 0.25) is 5.76 Å². The minimum absolute atomic E-state index is 0.0587. The second kappa shape index (κ2) is 3.88. The molecule has 4 nitrogen and oxygen atoms in total. The molecule has 4 heteroatoms. The van der Waals surface area contributed by atoms with Crippen LogP contribution in [0.5, 0.6) is 0 Å². The summed E-state index contributed by atoms with van der Waals surface area (Å²) in [7, 11) is 0. The maximum atomic E-state index is 10.8. The van der Waals surface area contributed by atoms with E-state index in [9.17, 15) is 9.90 Å². The van der Waals surface area contributed by atoms with Crippen molar-refractivity contribution in [1.82, 2.24) is 0 Å². The van der Waals surface area contributed by atoms with Crippen LogP contribution in [0, 0.1) is 5.41 Å². The summed E-state index contributed by atoms with van der Waals surface area (Å²) in [6.07, 6.45) is 3.23. The normalized spacial score (nSPS) is 27.9. The Labute approximate surface area is 100 Å². The van der Waals surface area contributed by atoms with E-state index >= 15 is 0 Å².